The van der Waals surface area contributed by atoms with E-state index in [9.17, 15) is 23.1 Å². The maximum atomic E-state index is 13.3. The summed E-state index contributed by atoms with van der Waals surface area (Å²) >= 11 is 0. The third-order valence-electron chi connectivity index (χ3n) is 5.94. The van der Waals surface area contributed by atoms with Crippen LogP contribution in [-0.2, 0) is 10.9 Å². The zero-order chi connectivity index (χ0) is 22.5. The predicted molar refractivity (Wildman–Crippen MR) is 111 cm³/mol. The van der Waals surface area contributed by atoms with Gasteiger partial charge in [-0.1, -0.05) is 12.1 Å². The van der Waals surface area contributed by atoms with Gasteiger partial charge in [-0.15, -0.1) is 0 Å². The molecular formula is C22H21F3N4O3. The lowest BCUT2D eigenvalue weighted by molar-refractivity contribution is -0.137. The van der Waals surface area contributed by atoms with E-state index in [-0.39, 0.29) is 36.0 Å². The fourth-order valence-electron chi connectivity index (χ4n) is 3.92. The van der Waals surface area contributed by atoms with Crippen molar-refractivity contribution >= 4 is 16.7 Å². The summed E-state index contributed by atoms with van der Waals surface area (Å²) in [6.45, 7) is 0.786. The summed E-state index contributed by atoms with van der Waals surface area (Å²) in [5.74, 6) is 0.281. The first-order valence-corrected chi connectivity index (χ1v) is 10.4. The first-order valence-electron chi connectivity index (χ1n) is 10.4. The van der Waals surface area contributed by atoms with Crippen LogP contribution in [0.3, 0.4) is 0 Å². The first-order chi connectivity index (χ1) is 15.3. The Balaban J connectivity index is 1.59. The van der Waals surface area contributed by atoms with E-state index >= 15 is 0 Å². The Morgan fingerprint density at radius 1 is 1.22 bits per heavy atom. The number of benzene rings is 1. The van der Waals surface area contributed by atoms with Crippen LogP contribution in [0.1, 0.15) is 30.9 Å². The summed E-state index contributed by atoms with van der Waals surface area (Å²) in [6, 6.07) is 4.77. The largest absolute Gasteiger partial charge is 0.416 e. The number of aliphatic hydroxyl groups is 1. The van der Waals surface area contributed by atoms with Crippen molar-refractivity contribution in [1.82, 2.24) is 14.5 Å². The van der Waals surface area contributed by atoms with E-state index in [4.69, 9.17) is 4.74 Å². The van der Waals surface area contributed by atoms with Gasteiger partial charge in [0.25, 0.3) is 5.56 Å². The maximum absolute atomic E-state index is 13.3. The number of anilines is 1. The second kappa shape index (κ2) is 7.56. The molecule has 0 bridgehead atoms. The smallest absolute Gasteiger partial charge is 0.386 e. The molecule has 0 radical (unpaired) electrons. The summed E-state index contributed by atoms with van der Waals surface area (Å²) in [6.07, 6.45) is 0.769. The minimum Gasteiger partial charge on any atom is -0.386 e. The third-order valence-corrected chi connectivity index (χ3v) is 5.94. The van der Waals surface area contributed by atoms with E-state index in [0.29, 0.717) is 29.7 Å². The molecule has 0 amide bonds. The molecule has 10 heteroatoms. The SMILES string of the molecule is O=c1c2c(NC[C@@]3(O)CCOC3)ncc(-c3ccc(C(F)(F)F)cc3)c2ncn1C1CC1. The molecule has 1 atom stereocenters. The quantitative estimate of drug-likeness (QED) is 0.625. The monoisotopic (exact) mass is 446 g/mol. The van der Waals surface area contributed by atoms with Crippen LogP contribution >= 0.6 is 0 Å². The zero-order valence-corrected chi connectivity index (χ0v) is 17.0. The number of hydrogen-bond acceptors (Lipinski definition) is 6. The number of halogens is 3. The van der Waals surface area contributed by atoms with E-state index in [1.807, 2.05) is 0 Å². The fourth-order valence-corrected chi connectivity index (χ4v) is 3.92. The van der Waals surface area contributed by atoms with Crippen LogP contribution in [-0.4, -0.2) is 45.0 Å². The Bertz CT molecular complexity index is 1210. The molecule has 2 fully saturated rings. The highest BCUT2D eigenvalue weighted by molar-refractivity contribution is 5.98. The molecule has 1 saturated heterocycles. The van der Waals surface area contributed by atoms with Gasteiger partial charge in [0.15, 0.2) is 0 Å². The van der Waals surface area contributed by atoms with Crippen molar-refractivity contribution < 1.29 is 23.0 Å². The highest BCUT2D eigenvalue weighted by atomic mass is 19.4. The van der Waals surface area contributed by atoms with Gasteiger partial charge in [0, 0.05) is 37.4 Å². The van der Waals surface area contributed by atoms with Gasteiger partial charge in [-0.2, -0.15) is 13.2 Å². The van der Waals surface area contributed by atoms with Gasteiger partial charge < -0.3 is 15.2 Å². The predicted octanol–water partition coefficient (Wildman–Crippen LogP) is 3.38. The molecule has 32 heavy (non-hydrogen) atoms. The standard InChI is InChI=1S/C22H21F3N4O3/c23-22(24,25)14-3-1-13(2-4-14)16-9-26-19(27-10-21(31)7-8-32-11-21)17-18(16)28-12-29(20(17)30)15-5-6-15/h1-4,9,12,15,31H,5-8,10-11H2,(H,26,27)/t21-/m0/s1. The molecule has 2 N–H and O–H groups in total. The number of aromatic nitrogens is 3. The van der Waals surface area contributed by atoms with Crippen LogP contribution in [0.25, 0.3) is 22.0 Å². The van der Waals surface area contributed by atoms with Crippen molar-refractivity contribution in [3.63, 3.8) is 0 Å². The van der Waals surface area contributed by atoms with Gasteiger partial charge in [-0.05, 0) is 30.5 Å². The van der Waals surface area contributed by atoms with E-state index in [1.54, 1.807) is 4.57 Å². The van der Waals surface area contributed by atoms with Crippen molar-refractivity contribution in [2.24, 2.45) is 0 Å². The lowest BCUT2D eigenvalue weighted by Gasteiger charge is -2.21. The number of rotatable bonds is 5. The van der Waals surface area contributed by atoms with E-state index < -0.39 is 17.3 Å². The van der Waals surface area contributed by atoms with Crippen molar-refractivity contribution in [3.05, 3.63) is 52.7 Å². The second-order valence-corrected chi connectivity index (χ2v) is 8.39. The average molecular weight is 446 g/mol. The molecule has 1 aromatic carbocycles. The van der Waals surface area contributed by atoms with Crippen LogP contribution < -0.4 is 10.9 Å². The molecule has 7 nitrogen and oxygen atoms in total. The molecule has 3 aromatic rings. The average Bonchev–Trinajstić information content (AvgIpc) is 3.52. The number of hydrogen-bond donors (Lipinski definition) is 2. The molecule has 3 heterocycles. The number of nitrogens with zero attached hydrogens (tertiary/aromatic N) is 3. The van der Waals surface area contributed by atoms with Crippen molar-refractivity contribution in [2.45, 2.75) is 37.1 Å². The summed E-state index contributed by atoms with van der Waals surface area (Å²) in [7, 11) is 0. The van der Waals surface area contributed by atoms with Gasteiger partial charge in [0.2, 0.25) is 0 Å². The van der Waals surface area contributed by atoms with Gasteiger partial charge in [0.1, 0.15) is 16.8 Å². The van der Waals surface area contributed by atoms with Crippen LogP contribution in [0, 0.1) is 0 Å². The molecule has 2 aromatic heterocycles. The van der Waals surface area contributed by atoms with E-state index in [2.05, 4.69) is 15.3 Å². The normalized spacial score (nSPS) is 21.2. The molecule has 2 aliphatic rings. The van der Waals surface area contributed by atoms with Gasteiger partial charge in [-0.3, -0.25) is 9.36 Å². The Labute approximate surface area is 180 Å². The first kappa shape index (κ1) is 20.9. The summed E-state index contributed by atoms with van der Waals surface area (Å²) in [5.41, 5.74) is -0.802. The Hall–Kier alpha value is -2.98. The lowest BCUT2D eigenvalue weighted by Crippen LogP contribution is -2.37. The molecule has 0 spiro atoms. The molecule has 1 aliphatic carbocycles. The minimum absolute atomic E-state index is 0.0920. The molecule has 168 valence electrons. The minimum atomic E-state index is -4.44. The Kier molecular flexibility index (Phi) is 4.94. The van der Waals surface area contributed by atoms with Crippen molar-refractivity contribution in [2.75, 3.05) is 25.1 Å². The summed E-state index contributed by atoms with van der Waals surface area (Å²) in [4.78, 5) is 22.2. The van der Waals surface area contributed by atoms with Crippen molar-refractivity contribution in [3.8, 4) is 11.1 Å². The number of pyridine rings is 1. The molecule has 0 unspecified atom stereocenters. The van der Waals surface area contributed by atoms with Crippen LogP contribution in [0.2, 0.25) is 0 Å². The lowest BCUT2D eigenvalue weighted by atomic mass is 10.0. The topological polar surface area (TPSA) is 89.3 Å². The van der Waals surface area contributed by atoms with Gasteiger partial charge in [0.05, 0.1) is 24.0 Å². The molecular weight excluding hydrogens is 425 g/mol. The van der Waals surface area contributed by atoms with E-state index in [1.165, 1.54) is 24.7 Å². The fraction of sp³-hybridized carbons (Fsp3) is 0.409. The number of alkyl halides is 3. The van der Waals surface area contributed by atoms with Crippen LogP contribution in [0.5, 0.6) is 0 Å². The highest BCUT2D eigenvalue weighted by Gasteiger charge is 2.33. The maximum Gasteiger partial charge on any atom is 0.416 e. The van der Waals surface area contributed by atoms with Crippen molar-refractivity contribution in [1.29, 1.82) is 0 Å². The van der Waals surface area contributed by atoms with Crippen LogP contribution in [0.15, 0.2) is 41.6 Å². The number of ether oxygens (including phenoxy) is 1. The Morgan fingerprint density at radius 3 is 2.59 bits per heavy atom. The van der Waals surface area contributed by atoms with Gasteiger partial charge in [-0.25, -0.2) is 9.97 Å². The number of fused-ring (bicyclic) bond motifs is 1. The Morgan fingerprint density at radius 2 is 1.97 bits per heavy atom. The third kappa shape index (κ3) is 3.84. The molecule has 1 aliphatic heterocycles. The molecule has 1 saturated carbocycles. The highest BCUT2D eigenvalue weighted by Crippen LogP contribution is 2.36. The van der Waals surface area contributed by atoms with E-state index in [0.717, 1.165) is 25.0 Å². The summed E-state index contributed by atoms with van der Waals surface area (Å²) in [5, 5.41) is 13.9. The summed E-state index contributed by atoms with van der Waals surface area (Å²) < 4.78 is 45.7. The van der Waals surface area contributed by atoms with Crippen LogP contribution in [0.4, 0.5) is 19.0 Å². The molecule has 5 rings (SSSR count). The number of nitrogens with one attached hydrogen (secondary N) is 1. The van der Waals surface area contributed by atoms with Gasteiger partial charge >= 0.3 is 6.18 Å². The second-order valence-electron chi connectivity index (χ2n) is 8.39. The zero-order valence-electron chi connectivity index (χ0n) is 17.0.